The molecule has 6 heteroatoms. The van der Waals surface area contributed by atoms with Gasteiger partial charge in [-0.1, -0.05) is 6.07 Å². The van der Waals surface area contributed by atoms with Crippen molar-refractivity contribution in [1.82, 2.24) is 10.6 Å². The Balaban J connectivity index is 1.76. The molecule has 0 saturated heterocycles. The molecular weight excluding hydrogens is 319 g/mol. The lowest BCUT2D eigenvalue weighted by atomic mass is 9.93. The van der Waals surface area contributed by atoms with Crippen LogP contribution < -0.4 is 15.5 Å². The third kappa shape index (κ3) is 6.90. The standard InChI is InChI=1S/C19H31FN4O/c1-3-21-19(23-16-8-10-18(25)11-9-16)22-12-5-13-24(2)17-7-4-6-15(20)14-17/h4,6-7,14,16,18,25H,3,5,8-13H2,1-2H3,(H2,21,22,23). The highest BCUT2D eigenvalue weighted by atomic mass is 19.1. The molecule has 2 rings (SSSR count). The highest BCUT2D eigenvalue weighted by Crippen LogP contribution is 2.18. The van der Waals surface area contributed by atoms with Crippen LogP contribution in [0.5, 0.6) is 0 Å². The lowest BCUT2D eigenvalue weighted by molar-refractivity contribution is 0.120. The summed E-state index contributed by atoms with van der Waals surface area (Å²) in [5.74, 6) is 0.635. The second kappa shape index (κ2) is 10.2. The van der Waals surface area contributed by atoms with Crippen LogP contribution in [0.1, 0.15) is 39.0 Å². The minimum Gasteiger partial charge on any atom is -0.393 e. The van der Waals surface area contributed by atoms with E-state index in [1.165, 1.54) is 6.07 Å². The Morgan fingerprint density at radius 1 is 1.32 bits per heavy atom. The van der Waals surface area contributed by atoms with Crippen LogP contribution in [0, 0.1) is 5.82 Å². The average molecular weight is 350 g/mol. The molecule has 1 fully saturated rings. The van der Waals surface area contributed by atoms with Gasteiger partial charge in [0.05, 0.1) is 6.10 Å². The van der Waals surface area contributed by atoms with Crippen LogP contribution in [-0.2, 0) is 0 Å². The Bertz CT molecular complexity index is 544. The molecule has 1 aromatic rings. The molecule has 0 bridgehead atoms. The van der Waals surface area contributed by atoms with E-state index in [-0.39, 0.29) is 11.9 Å². The molecule has 0 radical (unpaired) electrons. The van der Waals surface area contributed by atoms with E-state index in [4.69, 9.17) is 0 Å². The summed E-state index contributed by atoms with van der Waals surface area (Å²) in [5, 5.41) is 16.3. The molecule has 25 heavy (non-hydrogen) atoms. The topological polar surface area (TPSA) is 59.9 Å². The number of halogens is 1. The molecule has 0 amide bonds. The van der Waals surface area contributed by atoms with Crippen LogP contribution in [0.2, 0.25) is 0 Å². The molecule has 1 aromatic carbocycles. The molecule has 0 spiro atoms. The van der Waals surface area contributed by atoms with Crippen LogP contribution in [-0.4, -0.2) is 49.9 Å². The van der Waals surface area contributed by atoms with Crippen LogP contribution >= 0.6 is 0 Å². The lowest BCUT2D eigenvalue weighted by Gasteiger charge is -2.27. The third-order valence-electron chi connectivity index (χ3n) is 4.55. The summed E-state index contributed by atoms with van der Waals surface area (Å²) in [6, 6.07) is 7.03. The van der Waals surface area contributed by atoms with Gasteiger partial charge in [0.2, 0.25) is 0 Å². The van der Waals surface area contributed by atoms with Crippen LogP contribution in [0.3, 0.4) is 0 Å². The van der Waals surface area contributed by atoms with Crippen molar-refractivity contribution >= 4 is 11.6 Å². The van der Waals surface area contributed by atoms with E-state index in [1.807, 2.05) is 18.0 Å². The second-order valence-electron chi connectivity index (χ2n) is 6.67. The molecule has 0 atom stereocenters. The van der Waals surface area contributed by atoms with E-state index in [2.05, 4.69) is 22.5 Å². The zero-order chi connectivity index (χ0) is 18.1. The van der Waals surface area contributed by atoms with Crippen molar-refractivity contribution in [2.24, 2.45) is 4.99 Å². The van der Waals surface area contributed by atoms with Crippen LogP contribution in [0.4, 0.5) is 10.1 Å². The fourth-order valence-electron chi connectivity index (χ4n) is 3.07. The zero-order valence-electron chi connectivity index (χ0n) is 15.3. The van der Waals surface area contributed by atoms with Crippen molar-refractivity contribution in [2.45, 2.75) is 51.2 Å². The summed E-state index contributed by atoms with van der Waals surface area (Å²) in [4.78, 5) is 6.68. The number of hydrogen-bond acceptors (Lipinski definition) is 3. The van der Waals surface area contributed by atoms with Gasteiger partial charge in [-0.3, -0.25) is 4.99 Å². The minimum atomic E-state index is -0.210. The average Bonchev–Trinajstić information content (AvgIpc) is 2.60. The molecular formula is C19H31FN4O. The molecule has 140 valence electrons. The van der Waals surface area contributed by atoms with Gasteiger partial charge < -0.3 is 20.6 Å². The number of hydrogen-bond donors (Lipinski definition) is 3. The fraction of sp³-hybridized carbons (Fsp3) is 0.632. The maximum Gasteiger partial charge on any atom is 0.191 e. The summed E-state index contributed by atoms with van der Waals surface area (Å²) in [6.45, 7) is 4.41. The first-order chi connectivity index (χ1) is 12.1. The van der Waals surface area contributed by atoms with Gasteiger partial charge in [0.15, 0.2) is 5.96 Å². The summed E-state index contributed by atoms with van der Waals surface area (Å²) in [6.07, 6.45) is 4.43. The van der Waals surface area contributed by atoms with Gasteiger partial charge in [-0.15, -0.1) is 0 Å². The van der Waals surface area contributed by atoms with Crippen LogP contribution in [0.25, 0.3) is 0 Å². The maximum absolute atomic E-state index is 13.3. The Morgan fingerprint density at radius 3 is 2.76 bits per heavy atom. The first-order valence-electron chi connectivity index (χ1n) is 9.28. The number of aliphatic imine (C=N–C) groups is 1. The summed E-state index contributed by atoms with van der Waals surface area (Å²) < 4.78 is 13.3. The van der Waals surface area contributed by atoms with Crippen LogP contribution in [0.15, 0.2) is 29.3 Å². The highest BCUT2D eigenvalue weighted by Gasteiger charge is 2.19. The van der Waals surface area contributed by atoms with Crippen molar-refractivity contribution in [3.63, 3.8) is 0 Å². The number of benzene rings is 1. The Labute approximate surface area is 150 Å². The Hall–Kier alpha value is -1.82. The summed E-state index contributed by atoms with van der Waals surface area (Å²) >= 11 is 0. The monoisotopic (exact) mass is 350 g/mol. The quantitative estimate of drug-likeness (QED) is 0.402. The minimum absolute atomic E-state index is 0.143. The predicted octanol–water partition coefficient (Wildman–Crippen LogP) is 2.51. The van der Waals surface area contributed by atoms with Gasteiger partial charge in [0.1, 0.15) is 5.82 Å². The second-order valence-corrected chi connectivity index (χ2v) is 6.67. The van der Waals surface area contributed by atoms with E-state index >= 15 is 0 Å². The van der Waals surface area contributed by atoms with Crippen molar-refractivity contribution in [2.75, 3.05) is 31.6 Å². The van der Waals surface area contributed by atoms with E-state index < -0.39 is 0 Å². The zero-order valence-corrected chi connectivity index (χ0v) is 15.3. The molecule has 3 N–H and O–H groups in total. The summed E-state index contributed by atoms with van der Waals surface area (Å²) in [7, 11) is 1.97. The van der Waals surface area contributed by atoms with E-state index in [9.17, 15) is 9.50 Å². The molecule has 0 heterocycles. The number of aliphatic hydroxyl groups excluding tert-OH is 1. The molecule has 1 aliphatic carbocycles. The smallest absolute Gasteiger partial charge is 0.191 e. The number of rotatable bonds is 7. The molecule has 0 aromatic heterocycles. The van der Waals surface area contributed by atoms with Gasteiger partial charge in [-0.05, 0) is 57.2 Å². The van der Waals surface area contributed by atoms with Gasteiger partial charge in [0, 0.05) is 38.4 Å². The first-order valence-corrected chi connectivity index (χ1v) is 9.28. The number of nitrogens with one attached hydrogen (secondary N) is 2. The van der Waals surface area contributed by atoms with Crippen molar-refractivity contribution in [1.29, 1.82) is 0 Å². The van der Waals surface area contributed by atoms with Gasteiger partial charge in [-0.25, -0.2) is 4.39 Å². The number of guanidine groups is 1. The van der Waals surface area contributed by atoms with Crippen molar-refractivity contribution < 1.29 is 9.50 Å². The van der Waals surface area contributed by atoms with E-state index in [0.29, 0.717) is 12.6 Å². The fourth-order valence-corrected chi connectivity index (χ4v) is 3.07. The number of nitrogens with zero attached hydrogens (tertiary/aromatic N) is 2. The Kier molecular flexibility index (Phi) is 7.98. The highest BCUT2D eigenvalue weighted by molar-refractivity contribution is 5.80. The Morgan fingerprint density at radius 2 is 2.08 bits per heavy atom. The number of aliphatic hydroxyl groups is 1. The SMILES string of the molecule is CCNC(=NCCCN(C)c1cccc(F)c1)NC1CCC(O)CC1. The van der Waals surface area contributed by atoms with Gasteiger partial charge in [0.25, 0.3) is 0 Å². The molecule has 5 nitrogen and oxygen atoms in total. The molecule has 0 unspecified atom stereocenters. The normalized spacial score (nSPS) is 21.0. The van der Waals surface area contributed by atoms with Gasteiger partial charge in [-0.2, -0.15) is 0 Å². The van der Waals surface area contributed by atoms with E-state index in [1.54, 1.807) is 12.1 Å². The largest absolute Gasteiger partial charge is 0.393 e. The lowest BCUT2D eigenvalue weighted by Crippen LogP contribution is -2.45. The third-order valence-corrected chi connectivity index (χ3v) is 4.55. The maximum atomic E-state index is 13.3. The molecule has 1 saturated carbocycles. The van der Waals surface area contributed by atoms with Crippen molar-refractivity contribution in [3.05, 3.63) is 30.1 Å². The number of anilines is 1. The van der Waals surface area contributed by atoms with Gasteiger partial charge >= 0.3 is 0 Å². The molecule has 1 aliphatic rings. The molecule has 0 aliphatic heterocycles. The summed E-state index contributed by atoms with van der Waals surface area (Å²) in [5.41, 5.74) is 0.884. The van der Waals surface area contributed by atoms with Crippen molar-refractivity contribution in [3.8, 4) is 0 Å². The van der Waals surface area contributed by atoms with E-state index in [0.717, 1.165) is 56.8 Å². The first kappa shape index (κ1) is 19.5. The predicted molar refractivity (Wildman–Crippen MR) is 102 cm³/mol.